The number of thiazole rings is 1. The number of carbonyl (C=O) groups excluding carboxylic acids is 1. The highest BCUT2D eigenvalue weighted by molar-refractivity contribution is 7.07. The lowest BCUT2D eigenvalue weighted by atomic mass is 9.98. The minimum atomic E-state index is -0.167. The second kappa shape index (κ2) is 7.94. The molecular weight excluding hydrogens is 294 g/mol. The van der Waals surface area contributed by atoms with Gasteiger partial charge in [0.1, 0.15) is 0 Å². The summed E-state index contributed by atoms with van der Waals surface area (Å²) in [6, 6.07) is 8.01. The maximum absolute atomic E-state index is 12.0. The van der Waals surface area contributed by atoms with Crippen LogP contribution >= 0.6 is 11.3 Å². The van der Waals surface area contributed by atoms with Crippen molar-refractivity contribution in [1.82, 2.24) is 15.6 Å². The Morgan fingerprint density at radius 2 is 1.95 bits per heavy atom. The predicted octanol–water partition coefficient (Wildman–Crippen LogP) is 3.90. The number of amides is 2. The van der Waals surface area contributed by atoms with Crippen molar-refractivity contribution in [3.05, 3.63) is 52.0 Å². The molecule has 0 bridgehead atoms. The van der Waals surface area contributed by atoms with Gasteiger partial charge in [-0.05, 0) is 30.4 Å². The van der Waals surface area contributed by atoms with Crippen molar-refractivity contribution in [2.45, 2.75) is 39.8 Å². The zero-order valence-corrected chi connectivity index (χ0v) is 14.1. The number of hydrogen-bond donors (Lipinski definition) is 2. The van der Waals surface area contributed by atoms with Gasteiger partial charge in [0, 0.05) is 11.9 Å². The zero-order chi connectivity index (χ0) is 15.9. The maximum atomic E-state index is 12.0. The Hall–Kier alpha value is -1.88. The van der Waals surface area contributed by atoms with Gasteiger partial charge >= 0.3 is 6.03 Å². The molecule has 1 aromatic carbocycles. The van der Waals surface area contributed by atoms with Crippen molar-refractivity contribution in [2.75, 3.05) is 0 Å². The fraction of sp³-hybridized carbons (Fsp3) is 0.412. The Bertz CT molecular complexity index is 596. The molecule has 22 heavy (non-hydrogen) atoms. The molecule has 1 atom stereocenters. The number of nitrogens with zero attached hydrogens (tertiary/aromatic N) is 1. The molecule has 1 aromatic heterocycles. The van der Waals surface area contributed by atoms with Gasteiger partial charge in [-0.15, -0.1) is 11.3 Å². The van der Waals surface area contributed by atoms with E-state index in [0.29, 0.717) is 12.5 Å². The number of benzene rings is 1. The summed E-state index contributed by atoms with van der Waals surface area (Å²) in [5, 5.41) is 7.79. The second-order valence-electron chi connectivity index (χ2n) is 5.83. The standard InChI is InChI=1S/C17H23N3OS/c1-12(2)8-14-6-4-5-7-15(14)9-18-17(21)20-13(3)16-10-22-11-19-16/h4-7,10-13H,8-9H2,1-3H3,(H2,18,20,21). The van der Waals surface area contributed by atoms with Crippen LogP contribution in [0.1, 0.15) is 43.6 Å². The van der Waals surface area contributed by atoms with Gasteiger partial charge in [0.15, 0.2) is 0 Å². The third kappa shape index (κ3) is 4.84. The van der Waals surface area contributed by atoms with Crippen LogP contribution in [0.5, 0.6) is 0 Å². The van der Waals surface area contributed by atoms with Crippen molar-refractivity contribution < 1.29 is 4.79 Å². The molecule has 0 spiro atoms. The monoisotopic (exact) mass is 317 g/mol. The van der Waals surface area contributed by atoms with Gasteiger partial charge in [-0.1, -0.05) is 38.1 Å². The third-order valence-corrected chi connectivity index (χ3v) is 4.03. The van der Waals surface area contributed by atoms with Crippen LogP contribution in [0.2, 0.25) is 0 Å². The summed E-state index contributed by atoms with van der Waals surface area (Å²) < 4.78 is 0. The molecule has 2 rings (SSSR count). The Kier molecular flexibility index (Phi) is 5.95. The van der Waals surface area contributed by atoms with Crippen LogP contribution in [0.4, 0.5) is 4.79 Å². The lowest BCUT2D eigenvalue weighted by molar-refractivity contribution is 0.237. The van der Waals surface area contributed by atoms with Crippen LogP contribution in [0.25, 0.3) is 0 Å². The summed E-state index contributed by atoms with van der Waals surface area (Å²) in [5.74, 6) is 0.597. The summed E-state index contributed by atoms with van der Waals surface area (Å²) in [4.78, 5) is 16.2. The molecule has 1 unspecified atom stereocenters. The van der Waals surface area contributed by atoms with E-state index in [4.69, 9.17) is 0 Å². The van der Waals surface area contributed by atoms with Gasteiger partial charge in [-0.25, -0.2) is 9.78 Å². The highest BCUT2D eigenvalue weighted by Gasteiger charge is 2.11. The molecule has 0 radical (unpaired) electrons. The molecule has 118 valence electrons. The minimum Gasteiger partial charge on any atom is -0.334 e. The van der Waals surface area contributed by atoms with Crippen LogP contribution in [0.15, 0.2) is 35.2 Å². The van der Waals surface area contributed by atoms with E-state index in [-0.39, 0.29) is 12.1 Å². The summed E-state index contributed by atoms with van der Waals surface area (Å²) in [7, 11) is 0. The smallest absolute Gasteiger partial charge is 0.315 e. The van der Waals surface area contributed by atoms with Gasteiger partial charge in [0.05, 0.1) is 17.2 Å². The molecule has 0 fully saturated rings. The Morgan fingerprint density at radius 3 is 2.59 bits per heavy atom. The van der Waals surface area contributed by atoms with Crippen LogP contribution < -0.4 is 10.6 Å². The van der Waals surface area contributed by atoms with E-state index in [9.17, 15) is 4.79 Å². The number of nitrogens with one attached hydrogen (secondary N) is 2. The largest absolute Gasteiger partial charge is 0.334 e. The fourth-order valence-electron chi connectivity index (χ4n) is 2.30. The van der Waals surface area contributed by atoms with Crippen LogP contribution in [-0.4, -0.2) is 11.0 Å². The molecule has 1 heterocycles. The maximum Gasteiger partial charge on any atom is 0.315 e. The van der Waals surface area contributed by atoms with Gasteiger partial charge in [0.2, 0.25) is 0 Å². The molecule has 2 amide bonds. The van der Waals surface area contributed by atoms with Crippen molar-refractivity contribution in [3.8, 4) is 0 Å². The molecular formula is C17H23N3OS. The average molecular weight is 317 g/mol. The van der Waals surface area contributed by atoms with Gasteiger partial charge in [-0.2, -0.15) is 0 Å². The van der Waals surface area contributed by atoms with E-state index in [0.717, 1.165) is 12.1 Å². The van der Waals surface area contributed by atoms with E-state index in [1.54, 1.807) is 5.51 Å². The Morgan fingerprint density at radius 1 is 1.23 bits per heavy atom. The SMILES string of the molecule is CC(C)Cc1ccccc1CNC(=O)NC(C)c1cscn1. The molecule has 0 aliphatic heterocycles. The number of carbonyl (C=O) groups is 1. The van der Waals surface area contributed by atoms with E-state index in [2.05, 4.69) is 41.6 Å². The molecule has 0 saturated heterocycles. The van der Waals surface area contributed by atoms with Crippen LogP contribution in [-0.2, 0) is 13.0 Å². The predicted molar refractivity (Wildman–Crippen MR) is 90.9 cm³/mol. The molecule has 2 aromatic rings. The second-order valence-corrected chi connectivity index (χ2v) is 6.55. The molecule has 4 nitrogen and oxygen atoms in total. The number of urea groups is 1. The first-order chi connectivity index (χ1) is 10.6. The first kappa shape index (κ1) is 16.5. The molecule has 5 heteroatoms. The van der Waals surface area contributed by atoms with Crippen molar-refractivity contribution in [3.63, 3.8) is 0 Å². The highest BCUT2D eigenvalue weighted by atomic mass is 32.1. The Labute approximate surface area is 136 Å². The molecule has 0 aliphatic carbocycles. The minimum absolute atomic E-state index is 0.0860. The fourth-order valence-corrected chi connectivity index (χ4v) is 2.95. The summed E-state index contributed by atoms with van der Waals surface area (Å²) >= 11 is 1.53. The zero-order valence-electron chi connectivity index (χ0n) is 13.3. The first-order valence-electron chi connectivity index (χ1n) is 7.55. The Balaban J connectivity index is 1.88. The first-order valence-corrected chi connectivity index (χ1v) is 8.49. The van der Waals surface area contributed by atoms with Gasteiger partial charge in [0.25, 0.3) is 0 Å². The molecule has 0 aliphatic rings. The number of rotatable bonds is 6. The summed E-state index contributed by atoms with van der Waals surface area (Å²) in [5.41, 5.74) is 5.13. The average Bonchev–Trinajstić information content (AvgIpc) is 3.00. The van der Waals surface area contributed by atoms with E-state index in [1.807, 2.05) is 24.4 Å². The lowest BCUT2D eigenvalue weighted by Gasteiger charge is -2.15. The molecule has 2 N–H and O–H groups in total. The number of aromatic nitrogens is 1. The number of hydrogen-bond acceptors (Lipinski definition) is 3. The van der Waals surface area contributed by atoms with E-state index in [1.165, 1.54) is 22.5 Å². The third-order valence-electron chi connectivity index (χ3n) is 3.43. The van der Waals surface area contributed by atoms with Crippen LogP contribution in [0.3, 0.4) is 0 Å². The topological polar surface area (TPSA) is 54.0 Å². The van der Waals surface area contributed by atoms with Gasteiger partial charge < -0.3 is 10.6 Å². The summed E-state index contributed by atoms with van der Waals surface area (Å²) in [6.07, 6.45) is 1.02. The quantitative estimate of drug-likeness (QED) is 0.849. The van der Waals surface area contributed by atoms with Gasteiger partial charge in [-0.3, -0.25) is 0 Å². The van der Waals surface area contributed by atoms with E-state index >= 15 is 0 Å². The van der Waals surface area contributed by atoms with E-state index < -0.39 is 0 Å². The van der Waals surface area contributed by atoms with Crippen molar-refractivity contribution in [2.24, 2.45) is 5.92 Å². The normalized spacial score (nSPS) is 12.2. The molecule has 0 saturated carbocycles. The van der Waals surface area contributed by atoms with Crippen molar-refractivity contribution in [1.29, 1.82) is 0 Å². The van der Waals surface area contributed by atoms with Crippen molar-refractivity contribution >= 4 is 17.4 Å². The lowest BCUT2D eigenvalue weighted by Crippen LogP contribution is -2.36. The summed E-state index contributed by atoms with van der Waals surface area (Å²) in [6.45, 7) is 6.87. The highest BCUT2D eigenvalue weighted by Crippen LogP contribution is 2.14. The van der Waals surface area contributed by atoms with Crippen LogP contribution in [0, 0.1) is 5.92 Å².